The third-order valence-corrected chi connectivity index (χ3v) is 4.66. The fraction of sp³-hybridized carbons (Fsp3) is 0.353. The first-order chi connectivity index (χ1) is 11.7. The highest BCUT2D eigenvalue weighted by Crippen LogP contribution is 2.28. The standard InChI is InChI=1S/C17H21ClN4O2S/c1-8-6-13(18)7-9(2)15(8)24-12(5)17(23)21-20-10(3)14-11(4)22-25-16(14)19/h6-7,12H,19H2,1-5H3,(H,21,23)/b20-10-/t12-/m1/s1. The number of nitrogen functional groups attached to an aromatic ring is 1. The quantitative estimate of drug-likeness (QED) is 0.612. The number of carbonyl (C=O) groups is 1. The SMILES string of the molecule is C/C(=N/NC(=O)[C@@H](C)Oc1c(C)cc(Cl)cc1C)c1c(C)nsc1N. The molecule has 1 heterocycles. The number of halogens is 1. The maximum Gasteiger partial charge on any atom is 0.280 e. The lowest BCUT2D eigenvalue weighted by Gasteiger charge is -2.17. The predicted molar refractivity (Wildman–Crippen MR) is 103 cm³/mol. The van der Waals surface area contributed by atoms with E-state index in [0.29, 0.717) is 21.5 Å². The smallest absolute Gasteiger partial charge is 0.280 e. The van der Waals surface area contributed by atoms with Gasteiger partial charge in [-0.2, -0.15) is 9.47 Å². The Morgan fingerprint density at radius 2 is 1.96 bits per heavy atom. The molecule has 0 aliphatic heterocycles. The topological polar surface area (TPSA) is 89.6 Å². The van der Waals surface area contributed by atoms with E-state index in [1.54, 1.807) is 26.0 Å². The van der Waals surface area contributed by atoms with E-state index in [1.807, 2.05) is 20.8 Å². The Morgan fingerprint density at radius 1 is 1.36 bits per heavy atom. The Hall–Kier alpha value is -2.12. The van der Waals surface area contributed by atoms with Gasteiger partial charge >= 0.3 is 0 Å². The van der Waals surface area contributed by atoms with Crippen molar-refractivity contribution in [3.63, 3.8) is 0 Å². The molecule has 1 aromatic carbocycles. The van der Waals surface area contributed by atoms with Crippen molar-refractivity contribution in [1.29, 1.82) is 0 Å². The molecule has 1 amide bonds. The molecule has 0 radical (unpaired) electrons. The number of aromatic nitrogens is 1. The van der Waals surface area contributed by atoms with Crippen molar-refractivity contribution < 1.29 is 9.53 Å². The Bertz CT molecular complexity index is 790. The van der Waals surface area contributed by atoms with Gasteiger partial charge in [-0.25, -0.2) is 5.43 Å². The number of hydrogen-bond donors (Lipinski definition) is 2. The number of anilines is 1. The van der Waals surface area contributed by atoms with Crippen LogP contribution in [0, 0.1) is 20.8 Å². The molecule has 0 saturated carbocycles. The summed E-state index contributed by atoms with van der Waals surface area (Å²) in [5.74, 6) is 0.294. The molecule has 0 saturated heterocycles. The van der Waals surface area contributed by atoms with Crippen LogP contribution >= 0.6 is 23.1 Å². The number of ether oxygens (including phenoxy) is 1. The van der Waals surface area contributed by atoms with Crippen molar-refractivity contribution in [1.82, 2.24) is 9.80 Å². The fourth-order valence-electron chi connectivity index (χ4n) is 2.43. The molecule has 6 nitrogen and oxygen atoms in total. The molecule has 25 heavy (non-hydrogen) atoms. The third kappa shape index (κ3) is 4.49. The van der Waals surface area contributed by atoms with Crippen LogP contribution in [0.4, 0.5) is 5.00 Å². The maximum absolute atomic E-state index is 12.3. The Kier molecular flexibility index (Phi) is 6.02. The van der Waals surface area contributed by atoms with E-state index in [4.69, 9.17) is 22.1 Å². The molecule has 0 unspecified atom stereocenters. The van der Waals surface area contributed by atoms with Gasteiger partial charge in [-0.15, -0.1) is 0 Å². The number of hydrogen-bond acceptors (Lipinski definition) is 6. The van der Waals surface area contributed by atoms with Crippen molar-refractivity contribution in [2.45, 2.75) is 40.7 Å². The number of carbonyl (C=O) groups excluding carboxylic acids is 1. The van der Waals surface area contributed by atoms with E-state index in [2.05, 4.69) is 14.9 Å². The minimum absolute atomic E-state index is 0.354. The van der Waals surface area contributed by atoms with Gasteiger partial charge < -0.3 is 10.5 Å². The first kappa shape index (κ1) is 19.2. The Labute approximate surface area is 156 Å². The second-order valence-corrected chi connectivity index (χ2v) is 7.05. The van der Waals surface area contributed by atoms with Gasteiger partial charge in [0, 0.05) is 5.02 Å². The molecule has 0 spiro atoms. The normalized spacial score (nSPS) is 12.8. The van der Waals surface area contributed by atoms with Crippen LogP contribution in [0.1, 0.15) is 36.2 Å². The summed E-state index contributed by atoms with van der Waals surface area (Å²) < 4.78 is 9.96. The molecule has 0 aliphatic rings. The van der Waals surface area contributed by atoms with Crippen LogP contribution in [-0.2, 0) is 4.79 Å². The summed E-state index contributed by atoms with van der Waals surface area (Å²) >= 11 is 7.22. The van der Waals surface area contributed by atoms with Crippen LogP contribution in [-0.4, -0.2) is 22.1 Å². The number of hydrazone groups is 1. The molecule has 8 heteroatoms. The number of benzene rings is 1. The largest absolute Gasteiger partial charge is 0.480 e. The predicted octanol–water partition coefficient (Wildman–Crippen LogP) is 3.61. The third-order valence-electron chi connectivity index (χ3n) is 3.67. The first-order valence-corrected chi connectivity index (χ1v) is 8.85. The minimum Gasteiger partial charge on any atom is -0.480 e. The lowest BCUT2D eigenvalue weighted by atomic mass is 10.1. The van der Waals surface area contributed by atoms with Crippen molar-refractivity contribution in [3.8, 4) is 5.75 Å². The summed E-state index contributed by atoms with van der Waals surface area (Å²) in [5, 5.41) is 5.32. The second kappa shape index (κ2) is 7.84. The van der Waals surface area contributed by atoms with Gasteiger partial charge in [-0.3, -0.25) is 4.79 Å². The van der Waals surface area contributed by atoms with Crippen LogP contribution in [0.2, 0.25) is 5.02 Å². The van der Waals surface area contributed by atoms with Gasteiger partial charge in [-0.1, -0.05) is 11.6 Å². The summed E-state index contributed by atoms with van der Waals surface area (Å²) in [5.41, 5.74) is 12.3. The maximum atomic E-state index is 12.3. The number of rotatable bonds is 5. The monoisotopic (exact) mass is 380 g/mol. The number of nitrogens with zero attached hydrogens (tertiary/aromatic N) is 2. The average molecular weight is 381 g/mol. The van der Waals surface area contributed by atoms with Gasteiger partial charge in [-0.05, 0) is 69.4 Å². The van der Waals surface area contributed by atoms with Crippen molar-refractivity contribution in [2.75, 3.05) is 5.73 Å². The highest BCUT2D eigenvalue weighted by Gasteiger charge is 2.18. The number of aryl methyl sites for hydroxylation is 3. The molecule has 1 atom stereocenters. The summed E-state index contributed by atoms with van der Waals surface area (Å²) in [7, 11) is 0. The van der Waals surface area contributed by atoms with Crippen molar-refractivity contribution >= 4 is 39.8 Å². The van der Waals surface area contributed by atoms with Gasteiger partial charge in [0.1, 0.15) is 10.8 Å². The van der Waals surface area contributed by atoms with E-state index in [9.17, 15) is 4.79 Å². The fourth-order valence-corrected chi connectivity index (χ4v) is 3.47. The molecule has 3 N–H and O–H groups in total. The summed E-state index contributed by atoms with van der Waals surface area (Å²) in [4.78, 5) is 12.3. The average Bonchev–Trinajstić information content (AvgIpc) is 2.86. The lowest BCUT2D eigenvalue weighted by molar-refractivity contribution is -0.127. The molecule has 0 bridgehead atoms. The zero-order valence-corrected chi connectivity index (χ0v) is 16.4. The summed E-state index contributed by atoms with van der Waals surface area (Å²) in [6.07, 6.45) is -0.714. The number of nitrogens with two attached hydrogens (primary N) is 1. The van der Waals surface area contributed by atoms with Gasteiger partial charge in [0.15, 0.2) is 6.10 Å². The number of nitrogens with one attached hydrogen (secondary N) is 1. The van der Waals surface area contributed by atoms with Crippen LogP contribution in [0.3, 0.4) is 0 Å². The molecule has 1 aromatic heterocycles. The first-order valence-electron chi connectivity index (χ1n) is 7.70. The van der Waals surface area contributed by atoms with Crippen LogP contribution in [0.5, 0.6) is 5.75 Å². The highest BCUT2D eigenvalue weighted by molar-refractivity contribution is 7.10. The van der Waals surface area contributed by atoms with E-state index in [1.165, 1.54) is 11.5 Å². The molecular formula is C17H21ClN4O2S. The zero-order valence-electron chi connectivity index (χ0n) is 14.8. The second-order valence-electron chi connectivity index (χ2n) is 5.81. The van der Waals surface area contributed by atoms with Crippen molar-refractivity contribution in [3.05, 3.63) is 39.5 Å². The molecule has 0 aliphatic carbocycles. The Balaban J connectivity index is 2.07. The van der Waals surface area contributed by atoms with Crippen LogP contribution in [0.25, 0.3) is 0 Å². The number of amides is 1. The molecule has 134 valence electrons. The highest BCUT2D eigenvalue weighted by atomic mass is 35.5. The molecule has 2 aromatic rings. The zero-order chi connectivity index (χ0) is 18.7. The van der Waals surface area contributed by atoms with Gasteiger partial charge in [0.2, 0.25) is 0 Å². The van der Waals surface area contributed by atoms with E-state index in [0.717, 1.165) is 22.4 Å². The van der Waals surface area contributed by atoms with Crippen LogP contribution in [0.15, 0.2) is 17.2 Å². The molecule has 2 rings (SSSR count). The Morgan fingerprint density at radius 3 is 2.48 bits per heavy atom. The van der Waals surface area contributed by atoms with Crippen molar-refractivity contribution in [2.24, 2.45) is 5.10 Å². The van der Waals surface area contributed by atoms with E-state index in [-0.39, 0.29) is 5.91 Å². The molecular weight excluding hydrogens is 360 g/mol. The summed E-state index contributed by atoms with van der Waals surface area (Å²) in [6.45, 7) is 9.05. The summed E-state index contributed by atoms with van der Waals surface area (Å²) in [6, 6.07) is 3.60. The van der Waals surface area contributed by atoms with Gasteiger partial charge in [0.25, 0.3) is 5.91 Å². The minimum atomic E-state index is -0.714. The van der Waals surface area contributed by atoms with Crippen LogP contribution < -0.4 is 15.9 Å². The van der Waals surface area contributed by atoms with E-state index < -0.39 is 6.10 Å². The lowest BCUT2D eigenvalue weighted by Crippen LogP contribution is -2.34. The van der Waals surface area contributed by atoms with E-state index >= 15 is 0 Å². The van der Waals surface area contributed by atoms with Gasteiger partial charge in [0.05, 0.1) is 17.0 Å². The molecule has 0 fully saturated rings.